The Morgan fingerprint density at radius 3 is 2.52 bits per heavy atom. The number of nitrogens with zero attached hydrogens (tertiary/aromatic N) is 3. The van der Waals surface area contributed by atoms with E-state index in [-0.39, 0.29) is 18.2 Å². The van der Waals surface area contributed by atoms with E-state index in [1.807, 2.05) is 13.8 Å². The molecule has 0 bridgehead atoms. The topological polar surface area (TPSA) is 101 Å². The van der Waals surface area contributed by atoms with Crippen LogP contribution in [0.3, 0.4) is 0 Å². The van der Waals surface area contributed by atoms with Gasteiger partial charge in [-0.1, -0.05) is 19.0 Å². The van der Waals surface area contributed by atoms with Gasteiger partial charge in [-0.3, -0.25) is 4.79 Å². The molecule has 10 heteroatoms. The summed E-state index contributed by atoms with van der Waals surface area (Å²) in [4.78, 5) is 18.5. The first-order chi connectivity index (χ1) is 15.7. The van der Waals surface area contributed by atoms with Gasteiger partial charge in [0.1, 0.15) is 22.9 Å². The zero-order valence-corrected chi connectivity index (χ0v) is 19.3. The van der Waals surface area contributed by atoms with Gasteiger partial charge in [0.25, 0.3) is 5.91 Å². The quantitative estimate of drug-likeness (QED) is 0.516. The summed E-state index contributed by atoms with van der Waals surface area (Å²) in [6, 6.07) is 2.59. The molecule has 0 saturated carbocycles. The van der Waals surface area contributed by atoms with Gasteiger partial charge in [0.2, 0.25) is 0 Å². The second-order valence-electron chi connectivity index (χ2n) is 8.83. The number of carbonyl (C=O) groups is 1. The molecule has 2 aromatic rings. The molecule has 3 rings (SSSR count). The molecule has 1 saturated heterocycles. The minimum atomic E-state index is -0.998. The number of hydrogen-bond acceptors (Lipinski definition) is 7. The lowest BCUT2D eigenvalue weighted by Gasteiger charge is -2.30. The molecule has 0 unspecified atom stereocenters. The Hall–Kier alpha value is -2.75. The molecule has 2 heterocycles. The molecule has 1 amide bonds. The van der Waals surface area contributed by atoms with Crippen molar-refractivity contribution in [3.8, 4) is 5.75 Å². The molecule has 0 spiro atoms. The highest BCUT2D eigenvalue weighted by Crippen LogP contribution is 2.26. The van der Waals surface area contributed by atoms with Crippen molar-refractivity contribution in [1.29, 1.82) is 0 Å². The summed E-state index contributed by atoms with van der Waals surface area (Å²) in [5.41, 5.74) is -0.684. The van der Waals surface area contributed by atoms with E-state index in [1.165, 1.54) is 6.92 Å². The van der Waals surface area contributed by atoms with Crippen LogP contribution in [-0.4, -0.2) is 53.5 Å². The molecule has 182 valence electrons. The van der Waals surface area contributed by atoms with Crippen molar-refractivity contribution >= 4 is 11.9 Å². The summed E-state index contributed by atoms with van der Waals surface area (Å²) >= 11 is 0. The minimum Gasteiger partial charge on any atom is -0.493 e. The van der Waals surface area contributed by atoms with Crippen molar-refractivity contribution in [3.05, 3.63) is 35.2 Å². The van der Waals surface area contributed by atoms with Crippen molar-refractivity contribution in [2.45, 2.75) is 58.5 Å². The van der Waals surface area contributed by atoms with Crippen LogP contribution in [0.1, 0.15) is 68.6 Å². The zero-order chi connectivity index (χ0) is 24.0. The van der Waals surface area contributed by atoms with Gasteiger partial charge in [0, 0.05) is 37.7 Å². The number of rotatable bonds is 10. The van der Waals surface area contributed by atoms with Crippen LogP contribution in [0.15, 0.2) is 16.7 Å². The van der Waals surface area contributed by atoms with Gasteiger partial charge in [0.05, 0.1) is 12.7 Å². The van der Waals surface area contributed by atoms with Crippen molar-refractivity contribution in [1.82, 2.24) is 15.5 Å². The first-order valence-electron chi connectivity index (χ1n) is 11.4. The van der Waals surface area contributed by atoms with Gasteiger partial charge in [-0.05, 0) is 38.5 Å². The molecule has 1 aromatic carbocycles. The number of aliphatic hydroxyl groups excluding tert-OH is 1. The molecule has 1 fully saturated rings. The van der Waals surface area contributed by atoms with Gasteiger partial charge in [-0.25, -0.2) is 8.78 Å². The number of hydrogen-bond donors (Lipinski definition) is 2. The number of aromatic nitrogens is 2. The van der Waals surface area contributed by atoms with Gasteiger partial charge >= 0.3 is 6.01 Å². The third-order valence-electron chi connectivity index (χ3n) is 5.66. The second-order valence-corrected chi connectivity index (χ2v) is 8.83. The van der Waals surface area contributed by atoms with E-state index >= 15 is 0 Å². The van der Waals surface area contributed by atoms with Crippen molar-refractivity contribution in [3.63, 3.8) is 0 Å². The summed E-state index contributed by atoms with van der Waals surface area (Å²) in [6.45, 7) is 7.44. The van der Waals surface area contributed by atoms with Gasteiger partial charge in [0.15, 0.2) is 5.82 Å². The zero-order valence-electron chi connectivity index (χ0n) is 19.3. The Labute approximate surface area is 192 Å². The first-order valence-corrected chi connectivity index (χ1v) is 11.4. The highest BCUT2D eigenvalue weighted by Gasteiger charge is 2.24. The summed E-state index contributed by atoms with van der Waals surface area (Å²) < 4.78 is 39.4. The first kappa shape index (κ1) is 24.9. The fourth-order valence-corrected chi connectivity index (χ4v) is 3.74. The lowest BCUT2D eigenvalue weighted by molar-refractivity contribution is 0.0915. The molecular formula is C23H32F2N4O4. The summed E-state index contributed by atoms with van der Waals surface area (Å²) in [6.07, 6.45) is 2.88. The highest BCUT2D eigenvalue weighted by atomic mass is 19.1. The van der Waals surface area contributed by atoms with Gasteiger partial charge in [-0.2, -0.15) is 4.98 Å². The maximum atomic E-state index is 14.2. The van der Waals surface area contributed by atoms with E-state index in [2.05, 4.69) is 20.4 Å². The van der Waals surface area contributed by atoms with E-state index in [4.69, 9.17) is 9.26 Å². The lowest BCUT2D eigenvalue weighted by atomic mass is 9.92. The number of benzene rings is 1. The Balaban J connectivity index is 1.41. The molecule has 0 radical (unpaired) electrons. The van der Waals surface area contributed by atoms with Crippen LogP contribution < -0.4 is 15.0 Å². The molecule has 1 atom stereocenters. The summed E-state index contributed by atoms with van der Waals surface area (Å²) in [7, 11) is 0. The Bertz CT molecular complexity index is 904. The molecule has 1 aromatic heterocycles. The molecule has 0 aliphatic carbocycles. The minimum absolute atomic E-state index is 0.0456. The van der Waals surface area contributed by atoms with Gasteiger partial charge in [-0.15, -0.1) is 0 Å². The Morgan fingerprint density at radius 1 is 1.27 bits per heavy atom. The number of amides is 1. The number of halogens is 2. The number of anilines is 1. The fourth-order valence-electron chi connectivity index (χ4n) is 3.74. The monoisotopic (exact) mass is 466 g/mol. The largest absolute Gasteiger partial charge is 0.493 e. The number of ether oxygens (including phenoxy) is 1. The number of aliphatic hydroxyl groups is 1. The molecule has 8 nitrogen and oxygen atoms in total. The predicted molar refractivity (Wildman–Crippen MR) is 118 cm³/mol. The van der Waals surface area contributed by atoms with Crippen molar-refractivity contribution < 1.29 is 27.9 Å². The number of nitrogens with one attached hydrogen (secondary N) is 1. The van der Waals surface area contributed by atoms with E-state index < -0.39 is 29.2 Å². The fraction of sp³-hybridized carbons (Fsp3) is 0.609. The van der Waals surface area contributed by atoms with Gasteiger partial charge < -0.3 is 24.6 Å². The van der Waals surface area contributed by atoms with Crippen LogP contribution in [0.4, 0.5) is 14.8 Å². The van der Waals surface area contributed by atoms with Crippen LogP contribution in [0.5, 0.6) is 5.75 Å². The number of carbonyl (C=O) groups excluding carboxylic acids is 1. The second kappa shape index (κ2) is 11.4. The molecule has 2 N–H and O–H groups in total. The predicted octanol–water partition coefficient (Wildman–Crippen LogP) is 3.66. The number of piperidine rings is 1. The van der Waals surface area contributed by atoms with E-state index in [0.29, 0.717) is 24.4 Å². The standard InChI is InChI=1S/C23H32F2N4O4/c1-14(2)21-27-23(33-28-21)29-8-6-16(7-9-29)5-4-10-32-17-11-18(24)20(19(25)12-17)22(31)26-13-15(3)30/h11-12,14-16,30H,4-10,13H2,1-3H3,(H,26,31)/t15-/m1/s1. The molecule has 33 heavy (non-hydrogen) atoms. The average Bonchev–Trinajstić information content (AvgIpc) is 3.26. The maximum absolute atomic E-state index is 14.2. The molecule has 1 aliphatic rings. The van der Waals surface area contributed by atoms with E-state index in [0.717, 1.165) is 50.9 Å². The SMILES string of the molecule is CC(C)c1noc(N2CCC(CCCOc3cc(F)c(C(=O)NC[C@@H](C)O)c(F)c3)CC2)n1. The highest BCUT2D eigenvalue weighted by molar-refractivity contribution is 5.94. The van der Waals surface area contributed by atoms with Crippen molar-refractivity contribution in [2.75, 3.05) is 31.1 Å². The third-order valence-corrected chi connectivity index (χ3v) is 5.66. The van der Waals surface area contributed by atoms with Crippen LogP contribution >= 0.6 is 0 Å². The molecular weight excluding hydrogens is 434 g/mol. The van der Waals surface area contributed by atoms with Crippen molar-refractivity contribution in [2.24, 2.45) is 5.92 Å². The van der Waals surface area contributed by atoms with Crippen LogP contribution in [-0.2, 0) is 0 Å². The van der Waals surface area contributed by atoms with Crippen LogP contribution in [0.2, 0.25) is 0 Å². The Kier molecular flexibility index (Phi) is 8.60. The lowest BCUT2D eigenvalue weighted by Crippen LogP contribution is -2.34. The van der Waals surface area contributed by atoms with E-state index in [9.17, 15) is 18.7 Å². The van der Waals surface area contributed by atoms with Crippen LogP contribution in [0, 0.1) is 17.6 Å². The van der Waals surface area contributed by atoms with Crippen LogP contribution in [0.25, 0.3) is 0 Å². The summed E-state index contributed by atoms with van der Waals surface area (Å²) in [5.74, 6) is -1.39. The normalized spacial score (nSPS) is 15.7. The third kappa shape index (κ3) is 6.86. The maximum Gasteiger partial charge on any atom is 0.324 e. The smallest absolute Gasteiger partial charge is 0.324 e. The average molecular weight is 467 g/mol. The summed E-state index contributed by atoms with van der Waals surface area (Å²) in [5, 5.41) is 15.5. The molecule has 1 aliphatic heterocycles. The van der Waals surface area contributed by atoms with E-state index in [1.54, 1.807) is 0 Å². The Morgan fingerprint density at radius 2 is 1.94 bits per heavy atom.